The molecule has 0 aliphatic heterocycles. The maximum atomic E-state index is 13.3. The lowest BCUT2D eigenvalue weighted by Crippen LogP contribution is -1.87. The molecule has 0 amide bonds. The summed E-state index contributed by atoms with van der Waals surface area (Å²) >= 11 is 8.87. The molecule has 0 saturated heterocycles. The number of aromatic nitrogens is 2. The molecule has 0 unspecified atom stereocenters. The molecular formula is C8H3BrClFN2. The van der Waals surface area contributed by atoms with Crippen LogP contribution in [0.1, 0.15) is 0 Å². The fourth-order valence-corrected chi connectivity index (χ4v) is 1.72. The maximum absolute atomic E-state index is 13.3. The number of rotatable bonds is 0. The van der Waals surface area contributed by atoms with Crippen LogP contribution >= 0.6 is 27.5 Å². The third-order valence-electron chi connectivity index (χ3n) is 1.61. The van der Waals surface area contributed by atoms with Crippen molar-refractivity contribution in [1.29, 1.82) is 0 Å². The number of hydrogen-bond acceptors (Lipinski definition) is 2. The molecular weight excluding hydrogens is 258 g/mol. The minimum absolute atomic E-state index is 0.134. The number of fused-ring (bicyclic) bond motifs is 1. The summed E-state index contributed by atoms with van der Waals surface area (Å²) in [7, 11) is 0. The summed E-state index contributed by atoms with van der Waals surface area (Å²) in [5.41, 5.74) is 0.492. The zero-order valence-electron chi connectivity index (χ0n) is 6.26. The summed E-state index contributed by atoms with van der Waals surface area (Å²) in [5, 5.41) is 0.391. The van der Waals surface area contributed by atoms with Gasteiger partial charge in [0.15, 0.2) is 0 Å². The van der Waals surface area contributed by atoms with Crippen LogP contribution in [0.4, 0.5) is 4.39 Å². The molecule has 1 heterocycles. The van der Waals surface area contributed by atoms with Crippen LogP contribution in [0.3, 0.4) is 0 Å². The molecule has 2 aromatic rings. The normalized spacial score (nSPS) is 10.7. The Morgan fingerprint density at radius 2 is 2.08 bits per heavy atom. The van der Waals surface area contributed by atoms with E-state index < -0.39 is 5.82 Å². The molecule has 0 saturated carbocycles. The van der Waals surface area contributed by atoms with Gasteiger partial charge in [0.2, 0.25) is 0 Å². The van der Waals surface area contributed by atoms with Crippen LogP contribution in [0.2, 0.25) is 5.15 Å². The van der Waals surface area contributed by atoms with Gasteiger partial charge in [-0.3, -0.25) is 0 Å². The highest BCUT2D eigenvalue weighted by molar-refractivity contribution is 9.10. The van der Waals surface area contributed by atoms with Crippen molar-refractivity contribution in [2.45, 2.75) is 0 Å². The Bertz CT molecular complexity index is 475. The predicted molar refractivity (Wildman–Crippen MR) is 52.2 cm³/mol. The molecule has 0 N–H and O–H groups in total. The van der Waals surface area contributed by atoms with Crippen LogP contribution in [-0.4, -0.2) is 9.97 Å². The van der Waals surface area contributed by atoms with Crippen LogP contribution in [-0.2, 0) is 0 Å². The summed E-state index contributed by atoms with van der Waals surface area (Å²) < 4.78 is 13.9. The third kappa shape index (κ3) is 1.51. The smallest absolute Gasteiger partial charge is 0.143 e. The van der Waals surface area contributed by atoms with E-state index in [1.807, 2.05) is 0 Å². The van der Waals surface area contributed by atoms with Gasteiger partial charge in [-0.1, -0.05) is 27.5 Å². The van der Waals surface area contributed by atoms with Gasteiger partial charge in [0.05, 0.1) is 10.9 Å². The molecule has 13 heavy (non-hydrogen) atoms. The highest BCUT2D eigenvalue weighted by Gasteiger charge is 2.07. The topological polar surface area (TPSA) is 25.8 Å². The van der Waals surface area contributed by atoms with E-state index in [0.717, 1.165) is 0 Å². The van der Waals surface area contributed by atoms with Crippen molar-refractivity contribution in [2.24, 2.45) is 0 Å². The van der Waals surface area contributed by atoms with E-state index in [1.165, 1.54) is 12.4 Å². The number of nitrogens with zero attached hydrogens (tertiary/aromatic N) is 2. The van der Waals surface area contributed by atoms with Crippen LogP contribution in [0.5, 0.6) is 0 Å². The Balaban J connectivity index is 2.94. The first-order valence-corrected chi connectivity index (χ1v) is 4.61. The summed E-state index contributed by atoms with van der Waals surface area (Å²) in [5.74, 6) is -0.421. The van der Waals surface area contributed by atoms with Crippen molar-refractivity contribution >= 4 is 38.4 Å². The van der Waals surface area contributed by atoms with Gasteiger partial charge in [-0.15, -0.1) is 0 Å². The van der Waals surface area contributed by atoms with Gasteiger partial charge in [0.1, 0.15) is 17.3 Å². The van der Waals surface area contributed by atoms with E-state index >= 15 is 0 Å². The second-order valence-electron chi connectivity index (χ2n) is 2.45. The van der Waals surface area contributed by atoms with E-state index in [9.17, 15) is 4.39 Å². The molecule has 2 nitrogen and oxygen atoms in total. The highest BCUT2D eigenvalue weighted by Crippen LogP contribution is 2.25. The molecule has 0 bridgehead atoms. The zero-order valence-corrected chi connectivity index (χ0v) is 8.60. The number of hydrogen-bond donors (Lipinski definition) is 0. The first kappa shape index (κ1) is 8.84. The van der Waals surface area contributed by atoms with E-state index in [2.05, 4.69) is 25.9 Å². The molecule has 66 valence electrons. The first-order valence-electron chi connectivity index (χ1n) is 3.44. The molecule has 0 atom stereocenters. The Labute approximate surface area is 86.9 Å². The second kappa shape index (κ2) is 3.20. The SMILES string of the molecule is Fc1cc(Br)cc2ncnc(Cl)c12. The lowest BCUT2D eigenvalue weighted by molar-refractivity contribution is 0.638. The average molecular weight is 261 g/mol. The van der Waals surface area contributed by atoms with Crippen molar-refractivity contribution in [3.63, 3.8) is 0 Å². The van der Waals surface area contributed by atoms with Gasteiger partial charge in [-0.25, -0.2) is 14.4 Å². The Morgan fingerprint density at radius 1 is 1.31 bits per heavy atom. The standard InChI is InChI=1S/C8H3BrClFN2/c9-4-1-5(11)7-6(2-4)12-3-13-8(7)10/h1-3H. The Kier molecular flexibility index (Phi) is 2.17. The number of halogens is 3. The van der Waals surface area contributed by atoms with Crippen LogP contribution in [0, 0.1) is 5.82 Å². The van der Waals surface area contributed by atoms with Gasteiger partial charge >= 0.3 is 0 Å². The van der Waals surface area contributed by atoms with Crippen molar-refractivity contribution in [2.75, 3.05) is 0 Å². The highest BCUT2D eigenvalue weighted by atomic mass is 79.9. The van der Waals surface area contributed by atoms with Crippen molar-refractivity contribution in [3.05, 3.63) is 33.9 Å². The minimum Gasteiger partial charge on any atom is -0.236 e. The van der Waals surface area contributed by atoms with Gasteiger partial charge in [0.25, 0.3) is 0 Å². The average Bonchev–Trinajstić information content (AvgIpc) is 2.02. The fraction of sp³-hybridized carbons (Fsp3) is 0. The van der Waals surface area contributed by atoms with Gasteiger partial charge < -0.3 is 0 Å². The molecule has 1 aromatic carbocycles. The monoisotopic (exact) mass is 260 g/mol. The van der Waals surface area contributed by atoms with E-state index in [-0.39, 0.29) is 10.5 Å². The molecule has 0 fully saturated rings. The molecule has 5 heteroatoms. The van der Waals surface area contributed by atoms with Gasteiger partial charge in [0, 0.05) is 4.47 Å². The summed E-state index contributed by atoms with van der Waals surface area (Å²) in [6.45, 7) is 0. The summed E-state index contributed by atoms with van der Waals surface area (Å²) in [4.78, 5) is 7.59. The third-order valence-corrected chi connectivity index (χ3v) is 2.35. The van der Waals surface area contributed by atoms with Gasteiger partial charge in [-0.05, 0) is 12.1 Å². The molecule has 0 radical (unpaired) electrons. The Hall–Kier alpha value is -0.740. The summed E-state index contributed by atoms with van der Waals surface area (Å²) in [6, 6.07) is 3.02. The predicted octanol–water partition coefficient (Wildman–Crippen LogP) is 3.18. The van der Waals surface area contributed by atoms with Crippen LogP contribution < -0.4 is 0 Å². The zero-order chi connectivity index (χ0) is 9.42. The van der Waals surface area contributed by atoms with Crippen molar-refractivity contribution in [1.82, 2.24) is 9.97 Å². The second-order valence-corrected chi connectivity index (χ2v) is 3.72. The summed E-state index contributed by atoms with van der Waals surface area (Å²) in [6.07, 6.45) is 1.30. The first-order chi connectivity index (χ1) is 6.18. The molecule has 2 rings (SSSR count). The minimum atomic E-state index is -0.421. The van der Waals surface area contributed by atoms with Crippen molar-refractivity contribution < 1.29 is 4.39 Å². The Morgan fingerprint density at radius 3 is 2.85 bits per heavy atom. The van der Waals surface area contributed by atoms with Crippen LogP contribution in [0.15, 0.2) is 22.9 Å². The largest absolute Gasteiger partial charge is 0.236 e. The fourth-order valence-electron chi connectivity index (χ4n) is 1.07. The van der Waals surface area contributed by atoms with Crippen LogP contribution in [0.25, 0.3) is 10.9 Å². The lowest BCUT2D eigenvalue weighted by atomic mass is 10.2. The van der Waals surface area contributed by atoms with Gasteiger partial charge in [-0.2, -0.15) is 0 Å². The van der Waals surface area contributed by atoms with E-state index in [4.69, 9.17) is 11.6 Å². The van der Waals surface area contributed by atoms with E-state index in [0.29, 0.717) is 9.99 Å². The maximum Gasteiger partial charge on any atom is 0.143 e. The quantitative estimate of drug-likeness (QED) is 0.681. The van der Waals surface area contributed by atoms with E-state index in [1.54, 1.807) is 6.07 Å². The molecule has 0 aliphatic carbocycles. The lowest BCUT2D eigenvalue weighted by Gasteiger charge is -2.00. The molecule has 0 aliphatic rings. The number of benzene rings is 1. The molecule has 1 aromatic heterocycles. The molecule has 0 spiro atoms. The van der Waals surface area contributed by atoms with Crippen molar-refractivity contribution in [3.8, 4) is 0 Å².